The molecule has 1 aromatic carbocycles. The number of hydrogen-bond acceptors (Lipinski definition) is 3. The number of ether oxygens (including phenoxy) is 1. The van der Waals surface area contributed by atoms with E-state index >= 15 is 0 Å². The van der Waals surface area contributed by atoms with Gasteiger partial charge in [0.05, 0.1) is 12.1 Å². The Labute approximate surface area is 110 Å². The second-order valence-corrected chi connectivity index (χ2v) is 4.28. The summed E-state index contributed by atoms with van der Waals surface area (Å²) in [6.07, 6.45) is 0.362. The van der Waals surface area contributed by atoms with Gasteiger partial charge in [-0.2, -0.15) is 0 Å². The summed E-state index contributed by atoms with van der Waals surface area (Å²) < 4.78 is 31.4. The van der Waals surface area contributed by atoms with E-state index in [2.05, 4.69) is 5.32 Å². The van der Waals surface area contributed by atoms with Crippen LogP contribution in [0.5, 0.6) is 0 Å². The summed E-state index contributed by atoms with van der Waals surface area (Å²) in [5, 5.41) is 2.55. The number of carbonyl (C=O) groups excluding carboxylic acids is 1. The summed E-state index contributed by atoms with van der Waals surface area (Å²) in [6.45, 7) is 1.93. The molecular formula is C13H18F2N2O2. The zero-order valence-corrected chi connectivity index (χ0v) is 11.0. The van der Waals surface area contributed by atoms with Crippen LogP contribution >= 0.6 is 0 Å². The van der Waals surface area contributed by atoms with Gasteiger partial charge in [-0.15, -0.1) is 0 Å². The molecule has 1 amide bonds. The summed E-state index contributed by atoms with van der Waals surface area (Å²) in [4.78, 5) is 11.7. The Morgan fingerprint density at radius 3 is 2.79 bits per heavy atom. The van der Waals surface area contributed by atoms with E-state index in [1.807, 2.05) is 0 Å². The molecule has 0 spiro atoms. The minimum atomic E-state index is -0.737. The fourth-order valence-electron chi connectivity index (χ4n) is 1.62. The van der Waals surface area contributed by atoms with Crippen LogP contribution in [0.4, 0.5) is 8.78 Å². The first-order valence-electron chi connectivity index (χ1n) is 5.95. The van der Waals surface area contributed by atoms with Crippen LogP contribution in [0.15, 0.2) is 18.2 Å². The van der Waals surface area contributed by atoms with Gasteiger partial charge in [-0.05, 0) is 31.5 Å². The van der Waals surface area contributed by atoms with E-state index in [0.29, 0.717) is 13.0 Å². The lowest BCUT2D eigenvalue weighted by atomic mass is 10.1. The summed E-state index contributed by atoms with van der Waals surface area (Å²) in [5.74, 6) is -1.55. The van der Waals surface area contributed by atoms with E-state index in [1.165, 1.54) is 7.11 Å². The van der Waals surface area contributed by atoms with Gasteiger partial charge < -0.3 is 15.8 Å². The topological polar surface area (TPSA) is 64.3 Å². The van der Waals surface area contributed by atoms with Crippen LogP contribution in [-0.4, -0.2) is 25.7 Å². The first-order valence-corrected chi connectivity index (χ1v) is 5.95. The van der Waals surface area contributed by atoms with Crippen molar-refractivity contribution >= 4 is 5.91 Å². The maximum atomic E-state index is 13.5. The number of amides is 1. The lowest BCUT2D eigenvalue weighted by Gasteiger charge is -2.18. The highest BCUT2D eigenvalue weighted by Crippen LogP contribution is 2.18. The SMILES string of the molecule is COCCC(N)C(=O)NC(C)c1cc(F)ccc1F. The number of rotatable bonds is 6. The van der Waals surface area contributed by atoms with Crippen LogP contribution in [-0.2, 0) is 9.53 Å². The van der Waals surface area contributed by atoms with Crippen LogP contribution < -0.4 is 11.1 Å². The van der Waals surface area contributed by atoms with Crippen molar-refractivity contribution in [2.75, 3.05) is 13.7 Å². The summed E-state index contributed by atoms with van der Waals surface area (Å²) in [6, 6.07) is 1.72. The number of benzene rings is 1. The zero-order chi connectivity index (χ0) is 14.4. The second kappa shape index (κ2) is 7.16. The zero-order valence-electron chi connectivity index (χ0n) is 11.0. The van der Waals surface area contributed by atoms with Crippen molar-refractivity contribution in [1.29, 1.82) is 0 Å². The first kappa shape index (κ1) is 15.5. The van der Waals surface area contributed by atoms with Crippen molar-refractivity contribution in [3.05, 3.63) is 35.4 Å². The Kier molecular flexibility index (Phi) is 5.85. The highest BCUT2D eigenvalue weighted by atomic mass is 19.1. The highest BCUT2D eigenvalue weighted by Gasteiger charge is 2.18. The molecule has 0 heterocycles. The van der Waals surface area contributed by atoms with Crippen molar-refractivity contribution < 1.29 is 18.3 Å². The minimum Gasteiger partial charge on any atom is -0.385 e. The molecule has 0 bridgehead atoms. The van der Waals surface area contributed by atoms with E-state index < -0.39 is 29.6 Å². The average Bonchev–Trinajstić information content (AvgIpc) is 2.38. The van der Waals surface area contributed by atoms with Crippen molar-refractivity contribution in [2.45, 2.75) is 25.4 Å². The van der Waals surface area contributed by atoms with Gasteiger partial charge in [-0.3, -0.25) is 4.79 Å². The molecule has 1 aromatic rings. The number of nitrogens with two attached hydrogens (primary N) is 1. The summed E-state index contributed by atoms with van der Waals surface area (Å²) in [5.41, 5.74) is 5.73. The molecule has 2 unspecified atom stereocenters. The van der Waals surface area contributed by atoms with Gasteiger partial charge in [0.15, 0.2) is 0 Å². The molecule has 6 heteroatoms. The van der Waals surface area contributed by atoms with Crippen LogP contribution in [0.25, 0.3) is 0 Å². The first-order chi connectivity index (χ1) is 8.95. The molecule has 19 heavy (non-hydrogen) atoms. The Morgan fingerprint density at radius 1 is 1.47 bits per heavy atom. The van der Waals surface area contributed by atoms with Gasteiger partial charge in [0.2, 0.25) is 5.91 Å². The van der Waals surface area contributed by atoms with Crippen molar-refractivity contribution in [1.82, 2.24) is 5.32 Å². The van der Waals surface area contributed by atoms with Crippen molar-refractivity contribution in [3.8, 4) is 0 Å². The third-order valence-electron chi connectivity index (χ3n) is 2.75. The standard InChI is InChI=1S/C13H18F2N2O2/c1-8(10-7-9(14)3-4-11(10)15)17-13(18)12(16)5-6-19-2/h3-4,7-8,12H,5-6,16H2,1-2H3,(H,17,18). The molecule has 1 rings (SSSR count). The molecule has 0 saturated carbocycles. The summed E-state index contributed by atoms with van der Waals surface area (Å²) >= 11 is 0. The quantitative estimate of drug-likeness (QED) is 0.825. The van der Waals surface area contributed by atoms with Crippen LogP contribution in [0.2, 0.25) is 0 Å². The van der Waals surface area contributed by atoms with Gasteiger partial charge in [-0.1, -0.05) is 0 Å². The molecule has 4 nitrogen and oxygen atoms in total. The molecule has 106 valence electrons. The number of hydrogen-bond donors (Lipinski definition) is 2. The molecular weight excluding hydrogens is 254 g/mol. The smallest absolute Gasteiger partial charge is 0.237 e. The maximum Gasteiger partial charge on any atom is 0.237 e. The normalized spacial score (nSPS) is 13.9. The average molecular weight is 272 g/mol. The predicted molar refractivity (Wildman–Crippen MR) is 67.4 cm³/mol. The van der Waals surface area contributed by atoms with E-state index in [1.54, 1.807) is 6.92 Å². The molecule has 0 aliphatic rings. The minimum absolute atomic E-state index is 0.0901. The van der Waals surface area contributed by atoms with Crippen LogP contribution in [0, 0.1) is 11.6 Å². The Bertz CT molecular complexity index is 441. The van der Waals surface area contributed by atoms with Gasteiger partial charge >= 0.3 is 0 Å². The molecule has 0 aliphatic heterocycles. The number of halogens is 2. The lowest BCUT2D eigenvalue weighted by molar-refractivity contribution is -0.123. The van der Waals surface area contributed by atoms with Gasteiger partial charge in [0, 0.05) is 19.3 Å². The third kappa shape index (κ3) is 4.57. The number of carbonyl (C=O) groups is 1. The Morgan fingerprint density at radius 2 is 2.16 bits per heavy atom. The molecule has 3 N–H and O–H groups in total. The van der Waals surface area contributed by atoms with E-state index in [4.69, 9.17) is 10.5 Å². The van der Waals surface area contributed by atoms with Gasteiger partial charge in [0.25, 0.3) is 0 Å². The van der Waals surface area contributed by atoms with Gasteiger partial charge in [-0.25, -0.2) is 8.78 Å². The van der Waals surface area contributed by atoms with E-state index in [0.717, 1.165) is 18.2 Å². The maximum absolute atomic E-state index is 13.5. The Balaban J connectivity index is 2.66. The molecule has 0 aromatic heterocycles. The fourth-order valence-corrected chi connectivity index (χ4v) is 1.62. The number of methoxy groups -OCH3 is 1. The fraction of sp³-hybridized carbons (Fsp3) is 0.462. The largest absolute Gasteiger partial charge is 0.385 e. The highest BCUT2D eigenvalue weighted by molar-refractivity contribution is 5.81. The second-order valence-electron chi connectivity index (χ2n) is 4.28. The molecule has 0 saturated heterocycles. The summed E-state index contributed by atoms with van der Waals surface area (Å²) in [7, 11) is 1.51. The molecule has 0 fully saturated rings. The molecule has 2 atom stereocenters. The van der Waals surface area contributed by atoms with Gasteiger partial charge in [0.1, 0.15) is 11.6 Å². The van der Waals surface area contributed by atoms with Crippen molar-refractivity contribution in [3.63, 3.8) is 0 Å². The lowest BCUT2D eigenvalue weighted by Crippen LogP contribution is -2.42. The van der Waals surface area contributed by atoms with Crippen LogP contribution in [0.3, 0.4) is 0 Å². The van der Waals surface area contributed by atoms with E-state index in [9.17, 15) is 13.6 Å². The molecule has 0 aliphatic carbocycles. The third-order valence-corrected chi connectivity index (χ3v) is 2.75. The monoisotopic (exact) mass is 272 g/mol. The van der Waals surface area contributed by atoms with Crippen molar-refractivity contribution in [2.24, 2.45) is 5.73 Å². The Hall–Kier alpha value is -1.53. The number of nitrogens with one attached hydrogen (secondary N) is 1. The van der Waals surface area contributed by atoms with Crippen LogP contribution in [0.1, 0.15) is 24.9 Å². The predicted octanol–water partition coefficient (Wildman–Crippen LogP) is 1.51. The molecule has 0 radical (unpaired) electrons. The van der Waals surface area contributed by atoms with E-state index in [-0.39, 0.29) is 5.56 Å².